The first-order chi connectivity index (χ1) is 8.16. The zero-order chi connectivity index (χ0) is 12.3. The highest BCUT2D eigenvalue weighted by Gasteiger charge is 2.04. The van der Waals surface area contributed by atoms with Crippen LogP contribution in [0.4, 0.5) is 0 Å². The predicted molar refractivity (Wildman–Crippen MR) is 65.9 cm³/mol. The highest BCUT2D eigenvalue weighted by Crippen LogP contribution is 2.11. The monoisotopic (exact) mass is 231 g/mol. The summed E-state index contributed by atoms with van der Waals surface area (Å²) in [5, 5.41) is 7.45. The second kappa shape index (κ2) is 5.05. The summed E-state index contributed by atoms with van der Waals surface area (Å²) in [5.41, 5.74) is 2.28. The Balaban J connectivity index is 2.17. The molecule has 2 rings (SSSR count). The average Bonchev–Trinajstić information content (AvgIpc) is 2.79. The molecule has 0 aliphatic heterocycles. The van der Waals surface area contributed by atoms with E-state index in [9.17, 15) is 0 Å². The maximum atomic E-state index is 4.42. The molecule has 2 aromatic rings. The van der Waals surface area contributed by atoms with Crippen LogP contribution in [0.1, 0.15) is 25.0 Å². The lowest BCUT2D eigenvalue weighted by atomic mass is 10.2. The third-order valence-electron chi connectivity index (χ3n) is 2.46. The fourth-order valence-corrected chi connectivity index (χ4v) is 1.60. The topological polar surface area (TPSA) is 55.6 Å². The highest BCUT2D eigenvalue weighted by atomic mass is 15.3. The molecule has 0 unspecified atom stereocenters. The van der Waals surface area contributed by atoms with E-state index in [0.717, 1.165) is 17.9 Å². The molecular formula is C12H17N5. The van der Waals surface area contributed by atoms with Crippen LogP contribution in [0, 0.1) is 6.92 Å². The lowest BCUT2D eigenvalue weighted by Crippen LogP contribution is -2.22. The lowest BCUT2D eigenvalue weighted by Gasteiger charge is -2.10. The van der Waals surface area contributed by atoms with Crippen LogP contribution in [0.15, 0.2) is 24.9 Å². The van der Waals surface area contributed by atoms with Crippen molar-refractivity contribution >= 4 is 0 Å². The number of nitrogens with zero attached hydrogens (tertiary/aromatic N) is 4. The fraction of sp³-hybridized carbons (Fsp3) is 0.417. The summed E-state index contributed by atoms with van der Waals surface area (Å²) in [6, 6.07) is 2.60. The maximum absolute atomic E-state index is 4.42. The van der Waals surface area contributed by atoms with Gasteiger partial charge in [0.15, 0.2) is 5.82 Å². The first kappa shape index (κ1) is 11.7. The zero-order valence-corrected chi connectivity index (χ0v) is 10.4. The van der Waals surface area contributed by atoms with Crippen LogP contribution in [0.5, 0.6) is 0 Å². The molecular weight excluding hydrogens is 214 g/mol. The molecule has 0 atom stereocenters. The molecule has 17 heavy (non-hydrogen) atoms. The van der Waals surface area contributed by atoms with Gasteiger partial charge in [0.05, 0.1) is 0 Å². The zero-order valence-electron chi connectivity index (χ0n) is 10.4. The van der Waals surface area contributed by atoms with E-state index in [0.29, 0.717) is 6.04 Å². The second-order valence-corrected chi connectivity index (χ2v) is 4.36. The van der Waals surface area contributed by atoms with Gasteiger partial charge >= 0.3 is 0 Å². The molecule has 5 nitrogen and oxygen atoms in total. The summed E-state index contributed by atoms with van der Waals surface area (Å²) in [6.07, 6.45) is 5.04. The van der Waals surface area contributed by atoms with Crippen molar-refractivity contribution in [2.75, 3.05) is 0 Å². The molecule has 0 aliphatic carbocycles. The van der Waals surface area contributed by atoms with Gasteiger partial charge < -0.3 is 5.32 Å². The number of aryl methyl sites for hydroxylation is 1. The van der Waals surface area contributed by atoms with Gasteiger partial charge in [-0.1, -0.05) is 13.8 Å². The van der Waals surface area contributed by atoms with Crippen molar-refractivity contribution in [1.29, 1.82) is 0 Å². The molecule has 90 valence electrons. The highest BCUT2D eigenvalue weighted by molar-refractivity contribution is 5.34. The third-order valence-corrected chi connectivity index (χ3v) is 2.46. The summed E-state index contributed by atoms with van der Waals surface area (Å²) >= 11 is 0. The largest absolute Gasteiger partial charge is 0.310 e. The van der Waals surface area contributed by atoms with Crippen LogP contribution in [-0.4, -0.2) is 25.8 Å². The predicted octanol–water partition coefficient (Wildman–Crippen LogP) is 1.47. The SMILES string of the molecule is Cc1cc(CNC(C)C)cnc1-n1cncn1. The van der Waals surface area contributed by atoms with Crippen molar-refractivity contribution < 1.29 is 0 Å². The summed E-state index contributed by atoms with van der Waals surface area (Å²) < 4.78 is 1.68. The molecule has 2 aromatic heterocycles. The Bertz CT molecular complexity index is 476. The van der Waals surface area contributed by atoms with Gasteiger partial charge in [-0.05, 0) is 24.1 Å². The third kappa shape index (κ3) is 2.88. The van der Waals surface area contributed by atoms with Crippen molar-refractivity contribution in [1.82, 2.24) is 25.1 Å². The molecule has 0 spiro atoms. The molecule has 2 heterocycles. The quantitative estimate of drug-likeness (QED) is 0.865. The summed E-state index contributed by atoms with van der Waals surface area (Å²) in [7, 11) is 0. The Kier molecular flexibility index (Phi) is 3.49. The van der Waals surface area contributed by atoms with Gasteiger partial charge in [-0.15, -0.1) is 0 Å². The Morgan fingerprint density at radius 1 is 1.41 bits per heavy atom. The summed E-state index contributed by atoms with van der Waals surface area (Å²) in [6.45, 7) is 7.13. The van der Waals surface area contributed by atoms with E-state index in [1.807, 2.05) is 13.1 Å². The smallest absolute Gasteiger partial charge is 0.158 e. The van der Waals surface area contributed by atoms with Crippen molar-refractivity contribution in [2.45, 2.75) is 33.4 Å². The number of rotatable bonds is 4. The van der Waals surface area contributed by atoms with Gasteiger partial charge in [-0.25, -0.2) is 14.6 Å². The molecule has 0 aliphatic rings. The van der Waals surface area contributed by atoms with E-state index in [1.54, 1.807) is 11.0 Å². The number of hydrogen-bond acceptors (Lipinski definition) is 4. The molecule has 0 amide bonds. The van der Waals surface area contributed by atoms with Gasteiger partial charge in [0.2, 0.25) is 0 Å². The Hall–Kier alpha value is -1.75. The van der Waals surface area contributed by atoms with Crippen LogP contribution in [0.3, 0.4) is 0 Å². The van der Waals surface area contributed by atoms with Crippen LogP contribution in [0.2, 0.25) is 0 Å². The van der Waals surface area contributed by atoms with Crippen LogP contribution >= 0.6 is 0 Å². The number of pyridine rings is 1. The van der Waals surface area contributed by atoms with E-state index in [2.05, 4.69) is 40.3 Å². The van der Waals surface area contributed by atoms with E-state index in [4.69, 9.17) is 0 Å². The van der Waals surface area contributed by atoms with E-state index >= 15 is 0 Å². The van der Waals surface area contributed by atoms with Crippen LogP contribution in [0.25, 0.3) is 5.82 Å². The number of nitrogens with one attached hydrogen (secondary N) is 1. The minimum atomic E-state index is 0.477. The van der Waals surface area contributed by atoms with Gasteiger partial charge in [0.1, 0.15) is 12.7 Å². The summed E-state index contributed by atoms with van der Waals surface area (Å²) in [5.74, 6) is 0.829. The van der Waals surface area contributed by atoms with E-state index in [1.165, 1.54) is 11.9 Å². The average molecular weight is 231 g/mol. The minimum absolute atomic E-state index is 0.477. The summed E-state index contributed by atoms with van der Waals surface area (Å²) in [4.78, 5) is 8.34. The molecule has 0 bridgehead atoms. The lowest BCUT2D eigenvalue weighted by molar-refractivity contribution is 0.587. The van der Waals surface area contributed by atoms with Crippen LogP contribution < -0.4 is 5.32 Å². The fourth-order valence-electron chi connectivity index (χ4n) is 1.60. The van der Waals surface area contributed by atoms with Crippen LogP contribution in [-0.2, 0) is 6.54 Å². The van der Waals surface area contributed by atoms with Crippen molar-refractivity contribution in [3.8, 4) is 5.82 Å². The number of hydrogen-bond donors (Lipinski definition) is 1. The first-order valence-electron chi connectivity index (χ1n) is 5.70. The molecule has 0 fully saturated rings. The normalized spacial score (nSPS) is 11.1. The minimum Gasteiger partial charge on any atom is -0.310 e. The molecule has 0 saturated heterocycles. The molecule has 0 aromatic carbocycles. The van der Waals surface area contributed by atoms with Gasteiger partial charge in [0, 0.05) is 18.8 Å². The van der Waals surface area contributed by atoms with Gasteiger partial charge in [0.25, 0.3) is 0 Å². The van der Waals surface area contributed by atoms with E-state index < -0.39 is 0 Å². The second-order valence-electron chi connectivity index (χ2n) is 4.36. The maximum Gasteiger partial charge on any atom is 0.158 e. The van der Waals surface area contributed by atoms with Crippen molar-refractivity contribution in [3.05, 3.63) is 36.0 Å². The van der Waals surface area contributed by atoms with E-state index in [-0.39, 0.29) is 0 Å². The Labute approximate surface area is 101 Å². The molecule has 5 heteroatoms. The molecule has 0 saturated carbocycles. The van der Waals surface area contributed by atoms with Crippen molar-refractivity contribution in [3.63, 3.8) is 0 Å². The molecule has 0 radical (unpaired) electrons. The van der Waals surface area contributed by atoms with Gasteiger partial charge in [-0.2, -0.15) is 5.10 Å². The Morgan fingerprint density at radius 3 is 2.82 bits per heavy atom. The molecule has 1 N–H and O–H groups in total. The standard InChI is InChI=1S/C12H17N5/c1-9(2)14-5-11-4-10(3)12(15-6-11)17-8-13-7-16-17/h4,6-9,14H,5H2,1-3H3. The Morgan fingerprint density at radius 2 is 2.24 bits per heavy atom. The van der Waals surface area contributed by atoms with Gasteiger partial charge in [-0.3, -0.25) is 0 Å². The number of aromatic nitrogens is 4. The van der Waals surface area contributed by atoms with Crippen molar-refractivity contribution in [2.24, 2.45) is 0 Å². The first-order valence-corrected chi connectivity index (χ1v) is 5.70.